The van der Waals surface area contributed by atoms with Crippen LogP contribution in [0.2, 0.25) is 0 Å². The Morgan fingerprint density at radius 3 is 2.70 bits per heavy atom. The first-order valence-electron chi connectivity index (χ1n) is 7.12. The van der Waals surface area contributed by atoms with Crippen LogP contribution in [0.5, 0.6) is 0 Å². The molecule has 0 spiro atoms. The SMILES string of the molecule is CCOC(=O)c1nc(N)sc1C#CCCNC(=O)OC(C)(C)C. The third-order valence-corrected chi connectivity index (χ3v) is 3.03. The van der Waals surface area contributed by atoms with Crippen LogP contribution in [0.4, 0.5) is 9.93 Å². The van der Waals surface area contributed by atoms with E-state index in [9.17, 15) is 9.59 Å². The fourth-order valence-electron chi connectivity index (χ4n) is 1.44. The van der Waals surface area contributed by atoms with Gasteiger partial charge in [0.05, 0.1) is 6.61 Å². The molecule has 0 aliphatic heterocycles. The normalized spacial score (nSPS) is 10.4. The van der Waals surface area contributed by atoms with Crippen molar-refractivity contribution < 1.29 is 19.1 Å². The van der Waals surface area contributed by atoms with E-state index in [4.69, 9.17) is 15.2 Å². The van der Waals surface area contributed by atoms with Crippen molar-refractivity contribution in [2.45, 2.75) is 39.7 Å². The molecular formula is C15H21N3O4S. The molecular weight excluding hydrogens is 318 g/mol. The predicted molar refractivity (Wildman–Crippen MR) is 88.2 cm³/mol. The first-order valence-corrected chi connectivity index (χ1v) is 7.93. The predicted octanol–water partition coefficient (Wildman–Crippen LogP) is 2.17. The van der Waals surface area contributed by atoms with Crippen LogP contribution in [0.1, 0.15) is 49.5 Å². The average molecular weight is 339 g/mol. The Morgan fingerprint density at radius 1 is 1.39 bits per heavy atom. The zero-order valence-electron chi connectivity index (χ0n) is 13.7. The molecule has 0 aromatic carbocycles. The van der Waals surface area contributed by atoms with Crippen molar-refractivity contribution in [1.29, 1.82) is 0 Å². The van der Waals surface area contributed by atoms with Crippen LogP contribution in [0.15, 0.2) is 0 Å². The van der Waals surface area contributed by atoms with Gasteiger partial charge in [0.15, 0.2) is 10.8 Å². The van der Waals surface area contributed by atoms with E-state index >= 15 is 0 Å². The van der Waals surface area contributed by atoms with Gasteiger partial charge in [0.2, 0.25) is 0 Å². The molecule has 126 valence electrons. The lowest BCUT2D eigenvalue weighted by atomic mass is 10.2. The topological polar surface area (TPSA) is 104 Å². The Hall–Kier alpha value is -2.27. The van der Waals surface area contributed by atoms with Gasteiger partial charge >= 0.3 is 12.1 Å². The summed E-state index contributed by atoms with van der Waals surface area (Å²) in [6, 6.07) is 0. The quantitative estimate of drug-likeness (QED) is 0.495. The van der Waals surface area contributed by atoms with Crippen molar-refractivity contribution in [3.8, 4) is 11.8 Å². The van der Waals surface area contributed by atoms with E-state index in [1.54, 1.807) is 27.7 Å². The van der Waals surface area contributed by atoms with Gasteiger partial charge < -0.3 is 20.5 Å². The minimum absolute atomic E-state index is 0.127. The van der Waals surface area contributed by atoms with Crippen LogP contribution in [-0.2, 0) is 9.47 Å². The van der Waals surface area contributed by atoms with Gasteiger partial charge in [-0.15, -0.1) is 0 Å². The molecule has 3 N–H and O–H groups in total. The zero-order valence-corrected chi connectivity index (χ0v) is 14.5. The molecule has 0 unspecified atom stereocenters. The second kappa shape index (κ2) is 8.39. The number of carbonyl (C=O) groups is 2. The van der Waals surface area contributed by atoms with Crippen LogP contribution in [-0.4, -0.2) is 35.8 Å². The highest BCUT2D eigenvalue weighted by atomic mass is 32.1. The molecule has 0 fully saturated rings. The van der Waals surface area contributed by atoms with Gasteiger partial charge in [-0.25, -0.2) is 14.6 Å². The summed E-state index contributed by atoms with van der Waals surface area (Å²) in [6.45, 7) is 7.67. The third-order valence-electron chi connectivity index (χ3n) is 2.23. The van der Waals surface area contributed by atoms with Gasteiger partial charge in [0.1, 0.15) is 10.5 Å². The number of nitrogens with two attached hydrogens (primary N) is 1. The lowest BCUT2D eigenvalue weighted by Crippen LogP contribution is -2.32. The summed E-state index contributed by atoms with van der Waals surface area (Å²) in [5.74, 6) is 5.14. The van der Waals surface area contributed by atoms with Crippen LogP contribution >= 0.6 is 11.3 Å². The molecule has 8 heteroatoms. The molecule has 0 saturated carbocycles. The zero-order chi connectivity index (χ0) is 17.5. The number of alkyl carbamates (subject to hydrolysis) is 1. The summed E-state index contributed by atoms with van der Waals surface area (Å²) < 4.78 is 10.00. The summed E-state index contributed by atoms with van der Waals surface area (Å²) in [5, 5.41) is 2.85. The molecule has 0 aliphatic carbocycles. The first-order chi connectivity index (χ1) is 10.7. The molecule has 1 aromatic heterocycles. The summed E-state index contributed by atoms with van der Waals surface area (Å²) in [4.78, 5) is 27.5. The third kappa shape index (κ3) is 7.02. The molecule has 23 heavy (non-hydrogen) atoms. The van der Waals surface area contributed by atoms with E-state index in [1.807, 2.05) is 0 Å². The molecule has 1 rings (SSSR count). The summed E-state index contributed by atoms with van der Waals surface area (Å²) in [6.07, 6.45) is -0.0900. The Labute approximate surface area is 139 Å². The summed E-state index contributed by atoms with van der Waals surface area (Å²) in [7, 11) is 0. The van der Waals surface area contributed by atoms with E-state index in [-0.39, 0.29) is 17.4 Å². The molecule has 1 amide bonds. The smallest absolute Gasteiger partial charge is 0.407 e. The van der Waals surface area contributed by atoms with Gasteiger partial charge in [0, 0.05) is 13.0 Å². The van der Waals surface area contributed by atoms with E-state index < -0.39 is 17.7 Å². The fraction of sp³-hybridized carbons (Fsp3) is 0.533. The Morgan fingerprint density at radius 2 is 2.09 bits per heavy atom. The highest BCUT2D eigenvalue weighted by Gasteiger charge is 2.17. The van der Waals surface area contributed by atoms with Crippen LogP contribution in [0.3, 0.4) is 0 Å². The minimum Gasteiger partial charge on any atom is -0.461 e. The number of amides is 1. The number of hydrogen-bond donors (Lipinski definition) is 2. The first kappa shape index (κ1) is 18.8. The van der Waals surface area contributed by atoms with Crippen LogP contribution < -0.4 is 11.1 Å². The van der Waals surface area contributed by atoms with E-state index in [0.717, 1.165) is 11.3 Å². The number of ether oxygens (including phenoxy) is 2. The number of thiazole rings is 1. The standard InChI is InChI=1S/C15H21N3O4S/c1-5-21-12(19)11-10(23-13(16)18-11)8-6-7-9-17-14(20)22-15(2,3)4/h5,7,9H2,1-4H3,(H2,16,18)(H,17,20). The highest BCUT2D eigenvalue weighted by Crippen LogP contribution is 2.20. The number of aromatic nitrogens is 1. The van der Waals surface area contributed by atoms with Crippen molar-refractivity contribution in [3.63, 3.8) is 0 Å². The van der Waals surface area contributed by atoms with Crippen molar-refractivity contribution in [1.82, 2.24) is 10.3 Å². The lowest BCUT2D eigenvalue weighted by Gasteiger charge is -2.19. The van der Waals surface area contributed by atoms with Crippen molar-refractivity contribution >= 4 is 28.5 Å². The van der Waals surface area contributed by atoms with Crippen molar-refractivity contribution in [2.24, 2.45) is 0 Å². The molecule has 7 nitrogen and oxygen atoms in total. The Kier molecular flexibility index (Phi) is 6.85. The number of rotatable bonds is 4. The number of hydrogen-bond acceptors (Lipinski definition) is 7. The van der Waals surface area contributed by atoms with Gasteiger partial charge in [-0.1, -0.05) is 23.2 Å². The van der Waals surface area contributed by atoms with E-state index in [1.165, 1.54) is 0 Å². The van der Waals surface area contributed by atoms with Crippen molar-refractivity contribution in [3.05, 3.63) is 10.6 Å². The molecule has 0 aliphatic rings. The molecule has 1 heterocycles. The average Bonchev–Trinajstić information content (AvgIpc) is 2.78. The number of esters is 1. The second-order valence-electron chi connectivity index (χ2n) is 5.43. The number of nitrogens with zero attached hydrogens (tertiary/aromatic N) is 1. The number of nitrogens with one attached hydrogen (secondary N) is 1. The summed E-state index contributed by atoms with van der Waals surface area (Å²) >= 11 is 1.12. The van der Waals surface area contributed by atoms with Crippen molar-refractivity contribution in [2.75, 3.05) is 18.9 Å². The van der Waals surface area contributed by atoms with E-state index in [2.05, 4.69) is 22.1 Å². The maximum atomic E-state index is 11.7. The van der Waals surface area contributed by atoms with Crippen LogP contribution in [0, 0.1) is 11.8 Å². The molecule has 0 bridgehead atoms. The number of carbonyl (C=O) groups excluding carboxylic acids is 2. The molecule has 0 atom stereocenters. The second-order valence-corrected chi connectivity index (χ2v) is 6.46. The van der Waals surface area contributed by atoms with Gasteiger partial charge in [0.25, 0.3) is 0 Å². The van der Waals surface area contributed by atoms with Gasteiger partial charge in [-0.05, 0) is 27.7 Å². The lowest BCUT2D eigenvalue weighted by molar-refractivity contribution is 0.0513. The highest BCUT2D eigenvalue weighted by molar-refractivity contribution is 7.16. The monoisotopic (exact) mass is 339 g/mol. The molecule has 0 saturated heterocycles. The number of anilines is 1. The van der Waals surface area contributed by atoms with Gasteiger partial charge in [-0.2, -0.15) is 0 Å². The fourth-order valence-corrected chi connectivity index (χ4v) is 2.14. The molecule has 0 radical (unpaired) electrons. The minimum atomic E-state index is -0.545. The summed E-state index contributed by atoms with van der Waals surface area (Å²) in [5.41, 5.74) is 5.19. The van der Waals surface area contributed by atoms with Crippen LogP contribution in [0.25, 0.3) is 0 Å². The Balaban J connectivity index is 2.54. The maximum Gasteiger partial charge on any atom is 0.407 e. The van der Waals surface area contributed by atoms with Gasteiger partial charge in [-0.3, -0.25) is 0 Å². The largest absolute Gasteiger partial charge is 0.461 e. The number of nitrogen functional groups attached to an aromatic ring is 1. The van der Waals surface area contributed by atoms with E-state index in [0.29, 0.717) is 17.8 Å². The molecule has 1 aromatic rings. The maximum absolute atomic E-state index is 11.7. The Bertz CT molecular complexity index is 623.